The van der Waals surface area contributed by atoms with Crippen molar-refractivity contribution in [3.8, 4) is 10.6 Å². The average Bonchev–Trinajstić information content (AvgIpc) is 3.40. The molecule has 4 rings (SSSR count). The van der Waals surface area contributed by atoms with Gasteiger partial charge in [-0.15, -0.1) is 22.7 Å². The molecule has 0 saturated heterocycles. The highest BCUT2D eigenvalue weighted by Crippen LogP contribution is 2.28. The number of amides is 1. The predicted octanol–water partition coefficient (Wildman–Crippen LogP) is 5.23. The fourth-order valence-corrected chi connectivity index (χ4v) is 5.21. The molecule has 2 N–H and O–H groups in total. The van der Waals surface area contributed by atoms with Gasteiger partial charge >= 0.3 is 0 Å². The molecule has 0 unspecified atom stereocenters. The summed E-state index contributed by atoms with van der Waals surface area (Å²) in [6.07, 6.45) is 0. The molecule has 30 heavy (non-hydrogen) atoms. The summed E-state index contributed by atoms with van der Waals surface area (Å²) in [5, 5.41) is 7.10. The summed E-state index contributed by atoms with van der Waals surface area (Å²) in [5.74, 6) is -0.363. The minimum absolute atomic E-state index is 0.159. The van der Waals surface area contributed by atoms with Crippen molar-refractivity contribution >= 4 is 49.4 Å². The van der Waals surface area contributed by atoms with Crippen LogP contribution in [0.1, 0.15) is 15.9 Å². The molecule has 2 aromatic carbocycles. The Balaban J connectivity index is 1.49. The van der Waals surface area contributed by atoms with E-state index in [4.69, 9.17) is 0 Å². The third kappa shape index (κ3) is 4.59. The minimum Gasteiger partial charge on any atom is -0.298 e. The number of carbonyl (C=O) groups excluding carboxylic acids is 1. The zero-order chi connectivity index (χ0) is 21.1. The molecule has 0 fully saturated rings. The van der Waals surface area contributed by atoms with E-state index < -0.39 is 10.0 Å². The van der Waals surface area contributed by atoms with Crippen molar-refractivity contribution in [3.05, 3.63) is 82.6 Å². The summed E-state index contributed by atoms with van der Waals surface area (Å²) in [6, 6.07) is 16.8. The van der Waals surface area contributed by atoms with Gasteiger partial charge in [-0.1, -0.05) is 29.8 Å². The third-order valence-electron chi connectivity index (χ3n) is 4.21. The quantitative estimate of drug-likeness (QED) is 0.416. The zero-order valence-electron chi connectivity index (χ0n) is 15.8. The molecule has 0 spiro atoms. The summed E-state index contributed by atoms with van der Waals surface area (Å²) in [4.78, 5) is 18.2. The number of aryl methyl sites for hydroxylation is 1. The van der Waals surface area contributed by atoms with Crippen LogP contribution in [0.3, 0.4) is 0 Å². The number of thiazole rings is 1. The van der Waals surface area contributed by atoms with E-state index in [1.807, 2.05) is 29.8 Å². The molecular formula is C21H17N3O3S3. The van der Waals surface area contributed by atoms with E-state index in [-0.39, 0.29) is 10.8 Å². The van der Waals surface area contributed by atoms with Gasteiger partial charge in [-0.25, -0.2) is 13.4 Å². The first kappa shape index (κ1) is 20.3. The lowest BCUT2D eigenvalue weighted by molar-refractivity contribution is 0.102. The monoisotopic (exact) mass is 455 g/mol. The number of hydrogen-bond donors (Lipinski definition) is 2. The topological polar surface area (TPSA) is 88.2 Å². The van der Waals surface area contributed by atoms with Crippen molar-refractivity contribution in [1.82, 2.24) is 4.98 Å². The summed E-state index contributed by atoms with van der Waals surface area (Å²) in [5.41, 5.74) is 2.41. The number of sulfonamides is 1. The van der Waals surface area contributed by atoms with Crippen molar-refractivity contribution in [2.75, 3.05) is 10.0 Å². The van der Waals surface area contributed by atoms with Gasteiger partial charge < -0.3 is 0 Å². The van der Waals surface area contributed by atoms with Gasteiger partial charge in [0.05, 0.1) is 15.5 Å². The highest BCUT2D eigenvalue weighted by molar-refractivity contribution is 7.92. The molecule has 0 aliphatic carbocycles. The minimum atomic E-state index is -3.74. The van der Waals surface area contributed by atoms with Crippen molar-refractivity contribution < 1.29 is 13.2 Å². The van der Waals surface area contributed by atoms with Gasteiger partial charge in [0.1, 0.15) is 0 Å². The van der Waals surface area contributed by atoms with Gasteiger partial charge in [0, 0.05) is 16.6 Å². The Kier molecular flexibility index (Phi) is 5.67. The fraction of sp³-hybridized carbons (Fsp3) is 0.0476. The predicted molar refractivity (Wildman–Crippen MR) is 122 cm³/mol. The molecule has 9 heteroatoms. The first-order valence-corrected chi connectivity index (χ1v) is 12.2. The zero-order valence-corrected chi connectivity index (χ0v) is 18.3. The Hall–Kier alpha value is -3.01. The fourth-order valence-electron chi connectivity index (χ4n) is 2.69. The first-order valence-electron chi connectivity index (χ1n) is 8.91. The van der Waals surface area contributed by atoms with Crippen LogP contribution in [0, 0.1) is 6.92 Å². The molecule has 0 aliphatic heterocycles. The largest absolute Gasteiger partial charge is 0.298 e. The van der Waals surface area contributed by atoms with Gasteiger partial charge in [0.25, 0.3) is 15.9 Å². The second-order valence-corrected chi connectivity index (χ2v) is 9.96. The van der Waals surface area contributed by atoms with Crippen LogP contribution >= 0.6 is 22.7 Å². The SMILES string of the molecule is Cc1ccc(S(=O)(=O)Nc2cccc(C(=O)Nc3nc(-c4cccs4)cs3)c2)cc1. The molecule has 6 nitrogen and oxygen atoms in total. The lowest BCUT2D eigenvalue weighted by Gasteiger charge is -2.10. The first-order chi connectivity index (χ1) is 14.4. The molecule has 1 amide bonds. The maximum Gasteiger partial charge on any atom is 0.261 e. The van der Waals surface area contributed by atoms with Crippen LogP contribution in [-0.2, 0) is 10.0 Å². The lowest BCUT2D eigenvalue weighted by atomic mass is 10.2. The second-order valence-electron chi connectivity index (χ2n) is 6.47. The number of nitrogens with zero attached hydrogens (tertiary/aromatic N) is 1. The molecule has 2 heterocycles. The van der Waals surface area contributed by atoms with Crippen LogP contribution in [-0.4, -0.2) is 19.3 Å². The Morgan fingerprint density at radius 3 is 2.53 bits per heavy atom. The molecule has 4 aromatic rings. The smallest absolute Gasteiger partial charge is 0.261 e. The van der Waals surface area contributed by atoms with E-state index in [1.165, 1.54) is 17.4 Å². The molecule has 0 saturated carbocycles. The van der Waals surface area contributed by atoms with Gasteiger partial charge in [-0.05, 0) is 48.7 Å². The second kappa shape index (κ2) is 8.39. The summed E-state index contributed by atoms with van der Waals surface area (Å²) in [7, 11) is -3.74. The summed E-state index contributed by atoms with van der Waals surface area (Å²) >= 11 is 2.91. The van der Waals surface area contributed by atoms with Crippen LogP contribution in [0.2, 0.25) is 0 Å². The van der Waals surface area contributed by atoms with Crippen molar-refractivity contribution in [2.45, 2.75) is 11.8 Å². The Bertz CT molecular complexity index is 1280. The summed E-state index contributed by atoms with van der Waals surface area (Å²) in [6.45, 7) is 1.89. The van der Waals surface area contributed by atoms with E-state index in [0.29, 0.717) is 16.4 Å². The van der Waals surface area contributed by atoms with Gasteiger partial charge in [-0.3, -0.25) is 14.8 Å². The number of anilines is 2. The standard InChI is InChI=1S/C21H17N3O3S3/c1-14-7-9-17(10-8-14)30(26,27)24-16-5-2-4-15(12-16)20(25)23-21-22-18(13-29-21)19-6-3-11-28-19/h2-13,24H,1H3,(H,22,23,25). The highest BCUT2D eigenvalue weighted by Gasteiger charge is 2.16. The van der Waals surface area contributed by atoms with Crippen molar-refractivity contribution in [3.63, 3.8) is 0 Å². The third-order valence-corrected chi connectivity index (χ3v) is 7.25. The normalized spacial score (nSPS) is 11.2. The van der Waals surface area contributed by atoms with Gasteiger partial charge in [0.15, 0.2) is 5.13 Å². The highest BCUT2D eigenvalue weighted by atomic mass is 32.2. The number of carbonyl (C=O) groups is 1. The Labute approximate surface area is 182 Å². The van der Waals surface area contributed by atoms with E-state index in [9.17, 15) is 13.2 Å². The van der Waals surface area contributed by atoms with Crippen molar-refractivity contribution in [1.29, 1.82) is 0 Å². The van der Waals surface area contributed by atoms with E-state index in [0.717, 1.165) is 16.1 Å². The average molecular weight is 456 g/mol. The number of aromatic nitrogens is 1. The number of rotatable bonds is 6. The Morgan fingerprint density at radius 2 is 1.80 bits per heavy atom. The molecule has 0 bridgehead atoms. The molecule has 2 aromatic heterocycles. The van der Waals surface area contributed by atoms with Crippen LogP contribution in [0.5, 0.6) is 0 Å². The van der Waals surface area contributed by atoms with E-state index in [2.05, 4.69) is 15.0 Å². The lowest BCUT2D eigenvalue weighted by Crippen LogP contribution is -2.15. The van der Waals surface area contributed by atoms with E-state index in [1.54, 1.807) is 53.8 Å². The molecule has 0 radical (unpaired) electrons. The van der Waals surface area contributed by atoms with Crippen molar-refractivity contribution in [2.24, 2.45) is 0 Å². The molecule has 0 aliphatic rings. The maximum absolute atomic E-state index is 12.6. The van der Waals surface area contributed by atoms with Crippen LogP contribution in [0.25, 0.3) is 10.6 Å². The molecule has 0 atom stereocenters. The van der Waals surface area contributed by atoms with Crippen LogP contribution < -0.4 is 10.0 Å². The number of hydrogen-bond acceptors (Lipinski definition) is 6. The molecule has 152 valence electrons. The Morgan fingerprint density at radius 1 is 1.00 bits per heavy atom. The number of thiophene rings is 1. The molecular weight excluding hydrogens is 438 g/mol. The number of nitrogens with one attached hydrogen (secondary N) is 2. The van der Waals surface area contributed by atoms with Crippen LogP contribution in [0.15, 0.2) is 76.3 Å². The van der Waals surface area contributed by atoms with Gasteiger partial charge in [0.2, 0.25) is 0 Å². The van der Waals surface area contributed by atoms with Gasteiger partial charge in [-0.2, -0.15) is 0 Å². The maximum atomic E-state index is 12.6. The number of benzene rings is 2. The van der Waals surface area contributed by atoms with Crippen LogP contribution in [0.4, 0.5) is 10.8 Å². The van der Waals surface area contributed by atoms with E-state index >= 15 is 0 Å². The summed E-state index contributed by atoms with van der Waals surface area (Å²) < 4.78 is 27.7.